The highest BCUT2D eigenvalue weighted by atomic mass is 16.4. The maximum Gasteiger partial charge on any atom is 0.183 e. The third kappa shape index (κ3) is 4.66. The molecule has 0 saturated carbocycles. The Morgan fingerprint density at radius 3 is 2.33 bits per heavy atom. The van der Waals surface area contributed by atoms with E-state index in [1.54, 1.807) is 0 Å². The number of hydrogen-bond donors (Lipinski definition) is 7. The zero-order valence-corrected chi connectivity index (χ0v) is 11.2. The molecular weight excluding hydrogens is 282 g/mol. The first kappa shape index (κ1) is 17.3. The molecule has 0 heterocycles. The number of phenolic OH excluding ortho intramolecular Hbond substituents is 2. The summed E-state index contributed by atoms with van der Waals surface area (Å²) in [7, 11) is 0. The van der Waals surface area contributed by atoms with E-state index in [4.69, 9.17) is 15.3 Å². The van der Waals surface area contributed by atoms with Crippen LogP contribution in [0, 0.1) is 0 Å². The van der Waals surface area contributed by atoms with Crippen molar-refractivity contribution in [3.8, 4) is 11.5 Å². The Morgan fingerprint density at radius 1 is 1.14 bits per heavy atom. The fraction of sp³-hybridized carbons (Fsp3) is 0.462. The molecule has 1 rings (SSSR count). The molecule has 0 aromatic heterocycles. The van der Waals surface area contributed by atoms with Crippen LogP contribution in [0.15, 0.2) is 18.2 Å². The molecule has 1 aromatic rings. The van der Waals surface area contributed by atoms with E-state index in [-0.39, 0.29) is 18.0 Å². The lowest BCUT2D eigenvalue weighted by Crippen LogP contribution is -2.49. The summed E-state index contributed by atoms with van der Waals surface area (Å²) in [6.07, 6.45) is -3.46. The molecule has 0 bridgehead atoms. The molecule has 8 heteroatoms. The lowest BCUT2D eigenvalue weighted by molar-refractivity contribution is -0.137. The molecule has 0 spiro atoms. The lowest BCUT2D eigenvalue weighted by atomic mass is 10.0. The molecule has 0 saturated heterocycles. The first-order chi connectivity index (χ1) is 9.90. The predicted octanol–water partition coefficient (Wildman–Crippen LogP) is -2.17. The second kappa shape index (κ2) is 7.91. The van der Waals surface area contributed by atoms with Crippen molar-refractivity contribution in [1.29, 1.82) is 0 Å². The van der Waals surface area contributed by atoms with Gasteiger partial charge in [-0.05, 0) is 6.07 Å². The quantitative estimate of drug-likeness (QED) is 0.287. The summed E-state index contributed by atoms with van der Waals surface area (Å²) in [5.74, 6) is -1.19. The Labute approximate surface area is 120 Å². The van der Waals surface area contributed by atoms with E-state index in [0.717, 1.165) is 6.07 Å². The van der Waals surface area contributed by atoms with E-state index in [0.29, 0.717) is 5.56 Å². The number of Topliss-reactive ketones (excluding diaryl/α,β-unsaturated/α-hetero) is 1. The average molecular weight is 301 g/mol. The molecule has 0 aliphatic carbocycles. The summed E-state index contributed by atoms with van der Waals surface area (Å²) in [5, 5.41) is 57.9. The monoisotopic (exact) mass is 301 g/mol. The molecule has 0 radical (unpaired) electrons. The average Bonchev–Trinajstić information content (AvgIpc) is 2.47. The zero-order chi connectivity index (χ0) is 16.0. The van der Waals surface area contributed by atoms with Crippen LogP contribution >= 0.6 is 0 Å². The van der Waals surface area contributed by atoms with Gasteiger partial charge in [-0.3, -0.25) is 4.79 Å². The van der Waals surface area contributed by atoms with Gasteiger partial charge in [0.2, 0.25) is 0 Å². The van der Waals surface area contributed by atoms with Gasteiger partial charge < -0.3 is 36.0 Å². The smallest absolute Gasteiger partial charge is 0.183 e. The number of hydrogen-bond acceptors (Lipinski definition) is 8. The van der Waals surface area contributed by atoms with Gasteiger partial charge in [-0.2, -0.15) is 0 Å². The minimum absolute atomic E-state index is 0.00891. The number of phenols is 2. The number of rotatable bonds is 8. The van der Waals surface area contributed by atoms with Gasteiger partial charge in [-0.15, -0.1) is 0 Å². The third-order valence-corrected chi connectivity index (χ3v) is 2.98. The highest BCUT2D eigenvalue weighted by molar-refractivity contribution is 5.88. The van der Waals surface area contributed by atoms with Gasteiger partial charge in [-0.25, -0.2) is 0 Å². The molecule has 21 heavy (non-hydrogen) atoms. The van der Waals surface area contributed by atoms with Gasteiger partial charge in [0, 0.05) is 18.2 Å². The fourth-order valence-corrected chi connectivity index (χ4v) is 1.69. The zero-order valence-electron chi connectivity index (χ0n) is 11.2. The summed E-state index contributed by atoms with van der Waals surface area (Å²) in [6, 6.07) is 2.72. The SMILES string of the molecule is O=C([C@H](CO)NCc1ccc(O)cc1O)[C@H](O)[C@H](O)CO. The van der Waals surface area contributed by atoms with Gasteiger partial charge in [0.15, 0.2) is 5.78 Å². The first-order valence-corrected chi connectivity index (χ1v) is 6.26. The van der Waals surface area contributed by atoms with Crippen LogP contribution in [0.1, 0.15) is 5.56 Å². The van der Waals surface area contributed by atoms with E-state index < -0.39 is 37.2 Å². The van der Waals surface area contributed by atoms with Crippen molar-refractivity contribution < 1.29 is 35.4 Å². The van der Waals surface area contributed by atoms with Crippen molar-refractivity contribution in [1.82, 2.24) is 5.32 Å². The molecule has 7 N–H and O–H groups in total. The molecule has 118 valence electrons. The molecule has 1 aromatic carbocycles. The van der Waals surface area contributed by atoms with Crippen LogP contribution in [0.25, 0.3) is 0 Å². The van der Waals surface area contributed by atoms with Crippen molar-refractivity contribution in [2.75, 3.05) is 13.2 Å². The lowest BCUT2D eigenvalue weighted by Gasteiger charge is -2.21. The summed E-state index contributed by atoms with van der Waals surface area (Å²) >= 11 is 0. The Bertz CT molecular complexity index is 480. The van der Waals surface area contributed by atoms with Crippen LogP contribution < -0.4 is 5.32 Å². The molecule has 0 amide bonds. The number of ketones is 1. The second-order valence-corrected chi connectivity index (χ2v) is 4.53. The minimum Gasteiger partial charge on any atom is -0.508 e. The Hall–Kier alpha value is -1.71. The number of aliphatic hydroxyl groups excluding tert-OH is 4. The Morgan fingerprint density at radius 2 is 1.81 bits per heavy atom. The van der Waals surface area contributed by atoms with Crippen LogP contribution in [-0.2, 0) is 11.3 Å². The number of carbonyl (C=O) groups excluding carboxylic acids is 1. The van der Waals surface area contributed by atoms with Gasteiger partial charge >= 0.3 is 0 Å². The summed E-state index contributed by atoms with van der Waals surface area (Å²) in [6.45, 7) is -1.43. The van der Waals surface area contributed by atoms with E-state index in [2.05, 4.69) is 5.32 Å². The van der Waals surface area contributed by atoms with Gasteiger partial charge in [-0.1, -0.05) is 6.07 Å². The van der Waals surface area contributed by atoms with E-state index >= 15 is 0 Å². The van der Waals surface area contributed by atoms with Crippen LogP contribution in [0.3, 0.4) is 0 Å². The summed E-state index contributed by atoms with van der Waals surface area (Å²) in [5.41, 5.74) is 0.372. The van der Waals surface area contributed by atoms with E-state index in [1.807, 2.05) is 0 Å². The van der Waals surface area contributed by atoms with Crippen molar-refractivity contribution in [3.05, 3.63) is 23.8 Å². The maximum atomic E-state index is 11.8. The number of aromatic hydroxyl groups is 2. The first-order valence-electron chi connectivity index (χ1n) is 6.26. The molecule has 0 fully saturated rings. The second-order valence-electron chi connectivity index (χ2n) is 4.53. The van der Waals surface area contributed by atoms with Crippen molar-refractivity contribution in [3.63, 3.8) is 0 Å². The topological polar surface area (TPSA) is 150 Å². The summed E-state index contributed by atoms with van der Waals surface area (Å²) in [4.78, 5) is 11.8. The Kier molecular flexibility index (Phi) is 6.53. The highest BCUT2D eigenvalue weighted by Gasteiger charge is 2.29. The predicted molar refractivity (Wildman–Crippen MR) is 71.6 cm³/mol. The van der Waals surface area contributed by atoms with Crippen LogP contribution in [-0.4, -0.2) is 67.9 Å². The fourth-order valence-electron chi connectivity index (χ4n) is 1.69. The van der Waals surface area contributed by atoms with Gasteiger partial charge in [0.1, 0.15) is 23.7 Å². The molecule has 8 nitrogen and oxygen atoms in total. The number of nitrogens with one attached hydrogen (secondary N) is 1. The number of carbonyl (C=O) groups is 1. The van der Waals surface area contributed by atoms with Crippen LogP contribution in [0.2, 0.25) is 0 Å². The summed E-state index contributed by atoms with van der Waals surface area (Å²) < 4.78 is 0. The Balaban J connectivity index is 2.68. The van der Waals surface area contributed by atoms with E-state index in [1.165, 1.54) is 12.1 Å². The molecule has 0 unspecified atom stereocenters. The molecule has 0 aliphatic heterocycles. The van der Waals surface area contributed by atoms with E-state index in [9.17, 15) is 20.1 Å². The normalized spacial score (nSPS) is 15.4. The minimum atomic E-state index is -1.83. The third-order valence-electron chi connectivity index (χ3n) is 2.98. The number of benzene rings is 1. The largest absolute Gasteiger partial charge is 0.508 e. The van der Waals surface area contributed by atoms with Crippen LogP contribution in [0.5, 0.6) is 11.5 Å². The van der Waals surface area contributed by atoms with Crippen molar-refractivity contribution in [2.45, 2.75) is 24.8 Å². The maximum absolute atomic E-state index is 11.8. The highest BCUT2D eigenvalue weighted by Crippen LogP contribution is 2.22. The van der Waals surface area contributed by atoms with Crippen LogP contribution in [0.4, 0.5) is 0 Å². The van der Waals surface area contributed by atoms with Gasteiger partial charge in [0.25, 0.3) is 0 Å². The molecule has 3 atom stereocenters. The number of aliphatic hydroxyl groups is 4. The van der Waals surface area contributed by atoms with Crippen molar-refractivity contribution in [2.24, 2.45) is 0 Å². The standard InChI is InChI=1S/C13H19NO7/c15-5-9(12(20)13(21)11(19)6-16)14-4-7-1-2-8(17)3-10(7)18/h1-3,9,11,13-19,21H,4-6H2/t9-,11+,13+/m0/s1. The molecular formula is C13H19NO7. The molecule has 0 aliphatic rings. The van der Waals surface area contributed by atoms with Gasteiger partial charge in [0.05, 0.1) is 19.3 Å². The van der Waals surface area contributed by atoms with Crippen molar-refractivity contribution >= 4 is 5.78 Å².